The molecule has 0 aliphatic carbocycles. The van der Waals surface area contributed by atoms with Crippen molar-refractivity contribution in [2.24, 2.45) is 11.8 Å². The Balaban J connectivity index is 2.30. The van der Waals surface area contributed by atoms with Crippen LogP contribution in [0.2, 0.25) is 0 Å². The maximum atomic E-state index is 10.6. The maximum absolute atomic E-state index is 10.6. The third-order valence-corrected chi connectivity index (χ3v) is 2.05. The molecule has 1 heterocycles. The van der Waals surface area contributed by atoms with Crippen molar-refractivity contribution in [2.75, 3.05) is 13.2 Å². The van der Waals surface area contributed by atoms with Crippen LogP contribution < -0.4 is 0 Å². The second kappa shape index (κ2) is 4.21. The van der Waals surface area contributed by atoms with Crippen molar-refractivity contribution in [1.82, 2.24) is 0 Å². The van der Waals surface area contributed by atoms with Gasteiger partial charge < -0.3 is 14.6 Å². The van der Waals surface area contributed by atoms with Crippen LogP contribution >= 0.6 is 0 Å². The van der Waals surface area contributed by atoms with E-state index in [-0.39, 0.29) is 6.42 Å². The third kappa shape index (κ3) is 2.30. The fraction of sp³-hybridized carbons (Fsp3) is 0.750. The van der Waals surface area contributed by atoms with Gasteiger partial charge in [-0.05, 0) is 6.42 Å². The fourth-order valence-corrected chi connectivity index (χ4v) is 1.24. The Morgan fingerprint density at radius 1 is 1.67 bits per heavy atom. The number of aliphatic carboxylic acids is 1. The molecular formula is C8H12O4. The van der Waals surface area contributed by atoms with E-state index in [1.54, 1.807) is 0 Å². The van der Waals surface area contributed by atoms with E-state index >= 15 is 0 Å². The third-order valence-electron chi connectivity index (χ3n) is 2.05. The lowest BCUT2D eigenvalue weighted by atomic mass is 9.91. The van der Waals surface area contributed by atoms with Gasteiger partial charge in [-0.25, -0.2) is 0 Å². The number of hydrogen-bond donors (Lipinski definition) is 1. The minimum Gasteiger partial charge on any atom is -0.481 e. The predicted octanol–water partition coefficient (Wildman–Crippen LogP) is 0.313. The zero-order valence-electron chi connectivity index (χ0n) is 6.73. The lowest BCUT2D eigenvalue weighted by Crippen LogP contribution is -2.31. The van der Waals surface area contributed by atoms with Crippen molar-refractivity contribution in [2.45, 2.75) is 12.8 Å². The lowest BCUT2D eigenvalue weighted by Gasteiger charge is -2.27. The number of carboxylic acid groups (broad SMARTS) is 1. The van der Waals surface area contributed by atoms with Crippen LogP contribution in [0.3, 0.4) is 0 Å². The van der Waals surface area contributed by atoms with Crippen molar-refractivity contribution in [1.29, 1.82) is 0 Å². The molecule has 0 aromatic carbocycles. The number of aldehydes is 1. The smallest absolute Gasteiger partial charge is 0.306 e. The van der Waals surface area contributed by atoms with Crippen molar-refractivity contribution < 1.29 is 19.4 Å². The van der Waals surface area contributed by atoms with E-state index in [1.165, 1.54) is 0 Å². The van der Waals surface area contributed by atoms with Crippen molar-refractivity contribution in [3.05, 3.63) is 0 Å². The van der Waals surface area contributed by atoms with Crippen LogP contribution in [0.15, 0.2) is 0 Å². The van der Waals surface area contributed by atoms with Crippen LogP contribution in [0.4, 0.5) is 0 Å². The van der Waals surface area contributed by atoms with Crippen LogP contribution in [0.1, 0.15) is 12.8 Å². The first-order valence-electron chi connectivity index (χ1n) is 3.98. The van der Waals surface area contributed by atoms with Gasteiger partial charge in [0.05, 0.1) is 19.1 Å². The highest BCUT2D eigenvalue weighted by Crippen LogP contribution is 2.21. The van der Waals surface area contributed by atoms with Gasteiger partial charge >= 0.3 is 5.97 Å². The van der Waals surface area contributed by atoms with Gasteiger partial charge in [-0.2, -0.15) is 0 Å². The molecule has 1 saturated heterocycles. The summed E-state index contributed by atoms with van der Waals surface area (Å²) in [5, 5.41) is 8.67. The van der Waals surface area contributed by atoms with Crippen molar-refractivity contribution in [3.63, 3.8) is 0 Å². The molecule has 1 N–H and O–H groups in total. The molecule has 1 aliphatic heterocycles. The second-order valence-corrected chi connectivity index (χ2v) is 3.08. The summed E-state index contributed by atoms with van der Waals surface area (Å²) in [7, 11) is 0. The fourth-order valence-electron chi connectivity index (χ4n) is 1.24. The van der Waals surface area contributed by atoms with Crippen LogP contribution in [0.25, 0.3) is 0 Å². The van der Waals surface area contributed by atoms with Gasteiger partial charge in [-0.15, -0.1) is 0 Å². The highest BCUT2D eigenvalue weighted by molar-refractivity contribution is 5.73. The number of carboxylic acids is 1. The molecule has 12 heavy (non-hydrogen) atoms. The molecule has 1 aliphatic rings. The highest BCUT2D eigenvalue weighted by Gasteiger charge is 2.26. The van der Waals surface area contributed by atoms with E-state index in [0.717, 1.165) is 0 Å². The van der Waals surface area contributed by atoms with Crippen LogP contribution in [0, 0.1) is 11.8 Å². The molecule has 0 amide bonds. The number of carbonyl (C=O) groups is 2. The summed E-state index contributed by atoms with van der Waals surface area (Å²) >= 11 is 0. The Kier molecular flexibility index (Phi) is 3.22. The van der Waals surface area contributed by atoms with E-state index in [4.69, 9.17) is 9.84 Å². The Labute approximate surface area is 70.5 Å². The van der Waals surface area contributed by atoms with Gasteiger partial charge in [0.1, 0.15) is 6.29 Å². The van der Waals surface area contributed by atoms with Crippen LogP contribution in [-0.2, 0) is 14.3 Å². The number of rotatable bonds is 5. The molecule has 0 radical (unpaired) electrons. The minimum atomic E-state index is -0.881. The summed E-state index contributed by atoms with van der Waals surface area (Å²) in [6, 6.07) is 0. The molecule has 4 heteroatoms. The zero-order valence-corrected chi connectivity index (χ0v) is 6.73. The summed E-state index contributed by atoms with van der Waals surface area (Å²) in [5.41, 5.74) is 0. The first-order valence-corrected chi connectivity index (χ1v) is 3.98. The van der Waals surface area contributed by atoms with Crippen LogP contribution in [-0.4, -0.2) is 30.6 Å². The van der Waals surface area contributed by atoms with Crippen molar-refractivity contribution in [3.8, 4) is 0 Å². The standard InChI is InChI=1S/C8H12O4/c9-2-1-7(8(10)11)3-6-4-12-5-6/h2,6-7H,1,3-5H2,(H,10,11). The molecule has 0 bridgehead atoms. The molecular weight excluding hydrogens is 160 g/mol. The Morgan fingerprint density at radius 2 is 2.33 bits per heavy atom. The summed E-state index contributed by atoms with van der Waals surface area (Å²) in [6.45, 7) is 1.28. The second-order valence-electron chi connectivity index (χ2n) is 3.08. The molecule has 68 valence electrons. The summed E-state index contributed by atoms with van der Waals surface area (Å²) in [6.07, 6.45) is 1.35. The van der Waals surface area contributed by atoms with Gasteiger partial charge in [0.15, 0.2) is 0 Å². The summed E-state index contributed by atoms with van der Waals surface area (Å²) in [4.78, 5) is 20.7. The van der Waals surface area contributed by atoms with E-state index in [9.17, 15) is 9.59 Å². The Morgan fingerprint density at radius 3 is 2.67 bits per heavy atom. The normalized spacial score (nSPS) is 19.7. The molecule has 0 spiro atoms. The summed E-state index contributed by atoms with van der Waals surface area (Å²) < 4.78 is 4.91. The Bertz CT molecular complexity index is 174. The van der Waals surface area contributed by atoms with Gasteiger partial charge in [-0.3, -0.25) is 4.79 Å². The molecule has 4 nitrogen and oxygen atoms in total. The van der Waals surface area contributed by atoms with E-state index in [0.29, 0.717) is 31.8 Å². The van der Waals surface area contributed by atoms with Gasteiger partial charge in [0, 0.05) is 12.3 Å². The van der Waals surface area contributed by atoms with Gasteiger partial charge in [-0.1, -0.05) is 0 Å². The molecule has 0 saturated carbocycles. The molecule has 1 rings (SSSR count). The van der Waals surface area contributed by atoms with Gasteiger partial charge in [0.25, 0.3) is 0 Å². The molecule has 1 unspecified atom stereocenters. The largest absolute Gasteiger partial charge is 0.481 e. The maximum Gasteiger partial charge on any atom is 0.306 e. The van der Waals surface area contributed by atoms with E-state index in [2.05, 4.69) is 0 Å². The van der Waals surface area contributed by atoms with Crippen LogP contribution in [0.5, 0.6) is 0 Å². The van der Waals surface area contributed by atoms with Gasteiger partial charge in [0.2, 0.25) is 0 Å². The summed E-state index contributed by atoms with van der Waals surface area (Å²) in [5.74, 6) is -1.06. The number of hydrogen-bond acceptors (Lipinski definition) is 3. The van der Waals surface area contributed by atoms with E-state index < -0.39 is 11.9 Å². The minimum absolute atomic E-state index is 0.117. The molecule has 0 aromatic heterocycles. The number of ether oxygens (including phenoxy) is 1. The average molecular weight is 172 g/mol. The lowest BCUT2D eigenvalue weighted by molar-refractivity contribution is -0.145. The quantitative estimate of drug-likeness (QED) is 0.606. The molecule has 1 fully saturated rings. The molecule has 0 aromatic rings. The molecule has 1 atom stereocenters. The van der Waals surface area contributed by atoms with E-state index in [1.807, 2.05) is 0 Å². The average Bonchev–Trinajstić information content (AvgIpc) is 1.93. The highest BCUT2D eigenvalue weighted by atomic mass is 16.5. The zero-order chi connectivity index (χ0) is 8.97. The Hall–Kier alpha value is -0.900. The number of carbonyl (C=O) groups excluding carboxylic acids is 1. The first kappa shape index (κ1) is 9.19. The first-order chi connectivity index (χ1) is 5.74. The van der Waals surface area contributed by atoms with Crippen molar-refractivity contribution >= 4 is 12.3 Å². The predicted molar refractivity (Wildman–Crippen MR) is 40.7 cm³/mol. The topological polar surface area (TPSA) is 63.6 Å². The monoisotopic (exact) mass is 172 g/mol. The SMILES string of the molecule is O=CCC(CC1COC1)C(=O)O.